The smallest absolute Gasteiger partial charge is 0.238 e. The third-order valence-electron chi connectivity index (χ3n) is 4.07. The van der Waals surface area contributed by atoms with E-state index in [1.807, 2.05) is 0 Å². The van der Waals surface area contributed by atoms with Crippen molar-refractivity contribution in [1.29, 1.82) is 0 Å². The number of benzene rings is 1. The van der Waals surface area contributed by atoms with Gasteiger partial charge >= 0.3 is 0 Å². The largest absolute Gasteiger partial charge is 0.322 e. The van der Waals surface area contributed by atoms with Gasteiger partial charge in [0.2, 0.25) is 5.91 Å². The van der Waals surface area contributed by atoms with Crippen LogP contribution in [0, 0.1) is 5.82 Å². The van der Waals surface area contributed by atoms with Crippen LogP contribution in [0.4, 0.5) is 10.1 Å². The third kappa shape index (κ3) is 4.25. The Morgan fingerprint density at radius 1 is 1.38 bits per heavy atom. The molecular formula is C16H24FN3O. The molecule has 1 heterocycles. The summed E-state index contributed by atoms with van der Waals surface area (Å²) in [6.45, 7) is 6.34. The average Bonchev–Trinajstić information content (AvgIpc) is 2.49. The van der Waals surface area contributed by atoms with Gasteiger partial charge in [-0.05, 0) is 25.0 Å². The molecule has 2 unspecified atom stereocenters. The lowest BCUT2D eigenvalue weighted by Gasteiger charge is -2.39. The molecule has 1 aromatic carbocycles. The van der Waals surface area contributed by atoms with Crippen LogP contribution in [0.2, 0.25) is 0 Å². The van der Waals surface area contributed by atoms with E-state index in [1.54, 1.807) is 18.2 Å². The number of amides is 1. The van der Waals surface area contributed by atoms with E-state index in [1.165, 1.54) is 6.07 Å². The predicted molar refractivity (Wildman–Crippen MR) is 82.8 cm³/mol. The zero-order chi connectivity index (χ0) is 15.2. The van der Waals surface area contributed by atoms with Crippen molar-refractivity contribution < 1.29 is 9.18 Å². The Hall–Kier alpha value is -1.46. The molecule has 1 aliphatic rings. The van der Waals surface area contributed by atoms with Gasteiger partial charge in [0, 0.05) is 25.2 Å². The normalized spacial score (nSPS) is 23.0. The Kier molecular flexibility index (Phi) is 5.70. The number of halogens is 1. The second-order valence-electron chi connectivity index (χ2n) is 5.53. The van der Waals surface area contributed by atoms with E-state index in [9.17, 15) is 9.18 Å². The third-order valence-corrected chi connectivity index (χ3v) is 4.07. The second kappa shape index (κ2) is 7.52. The minimum absolute atomic E-state index is 0.157. The molecule has 2 N–H and O–H groups in total. The minimum atomic E-state index is -0.398. The minimum Gasteiger partial charge on any atom is -0.322 e. The van der Waals surface area contributed by atoms with E-state index < -0.39 is 5.82 Å². The van der Waals surface area contributed by atoms with E-state index in [0.29, 0.717) is 18.6 Å². The molecule has 116 valence electrons. The van der Waals surface area contributed by atoms with Crippen molar-refractivity contribution in [3.63, 3.8) is 0 Å². The number of anilines is 1. The summed E-state index contributed by atoms with van der Waals surface area (Å²) >= 11 is 0. The number of nitrogens with one attached hydrogen (secondary N) is 2. The summed E-state index contributed by atoms with van der Waals surface area (Å²) in [6, 6.07) is 7.04. The van der Waals surface area contributed by atoms with Crippen LogP contribution >= 0.6 is 0 Å². The molecule has 0 aromatic heterocycles. The SMILES string of the molecule is CCC1CN(CC(=O)Nc2ccccc2F)C(CC)CN1. The van der Waals surface area contributed by atoms with Gasteiger partial charge in [-0.1, -0.05) is 26.0 Å². The van der Waals surface area contributed by atoms with Gasteiger partial charge < -0.3 is 10.6 Å². The highest BCUT2D eigenvalue weighted by Crippen LogP contribution is 2.14. The number of nitrogens with zero attached hydrogens (tertiary/aromatic N) is 1. The lowest BCUT2D eigenvalue weighted by atomic mass is 10.1. The molecule has 2 rings (SSSR count). The highest BCUT2D eigenvalue weighted by molar-refractivity contribution is 5.92. The van der Waals surface area contributed by atoms with Crippen LogP contribution in [0.3, 0.4) is 0 Å². The molecule has 21 heavy (non-hydrogen) atoms. The first-order valence-electron chi connectivity index (χ1n) is 7.65. The maximum Gasteiger partial charge on any atom is 0.238 e. The number of piperazine rings is 1. The molecule has 1 aromatic rings. The summed E-state index contributed by atoms with van der Waals surface area (Å²) in [5.74, 6) is -0.556. The summed E-state index contributed by atoms with van der Waals surface area (Å²) in [5.41, 5.74) is 0.248. The van der Waals surface area contributed by atoms with Gasteiger partial charge in [-0.15, -0.1) is 0 Å². The van der Waals surface area contributed by atoms with Crippen molar-refractivity contribution in [3.8, 4) is 0 Å². The van der Waals surface area contributed by atoms with Crippen molar-refractivity contribution in [2.45, 2.75) is 38.8 Å². The topological polar surface area (TPSA) is 44.4 Å². The molecule has 5 heteroatoms. The molecule has 0 bridgehead atoms. The molecule has 4 nitrogen and oxygen atoms in total. The molecule has 1 aliphatic heterocycles. The standard InChI is InChI=1S/C16H24FN3O/c1-3-12-10-20(13(4-2)9-18-12)11-16(21)19-15-8-6-5-7-14(15)17/h5-8,12-13,18H,3-4,9-11H2,1-2H3,(H,19,21). The van der Waals surface area contributed by atoms with Crippen LogP contribution in [-0.2, 0) is 4.79 Å². The van der Waals surface area contributed by atoms with Crippen LogP contribution in [0.1, 0.15) is 26.7 Å². The molecule has 0 spiro atoms. The summed E-state index contributed by atoms with van der Waals surface area (Å²) in [7, 11) is 0. The molecule has 0 saturated carbocycles. The van der Waals surface area contributed by atoms with E-state index in [0.717, 1.165) is 25.9 Å². The highest BCUT2D eigenvalue weighted by atomic mass is 19.1. The first-order valence-corrected chi connectivity index (χ1v) is 7.65. The van der Waals surface area contributed by atoms with Gasteiger partial charge in [-0.25, -0.2) is 4.39 Å². The number of rotatable bonds is 5. The van der Waals surface area contributed by atoms with E-state index >= 15 is 0 Å². The number of hydrogen-bond acceptors (Lipinski definition) is 3. The number of para-hydroxylation sites is 1. The average molecular weight is 293 g/mol. The summed E-state index contributed by atoms with van der Waals surface area (Å²) in [5, 5.41) is 6.16. The monoisotopic (exact) mass is 293 g/mol. The predicted octanol–water partition coefficient (Wildman–Crippen LogP) is 2.23. The molecule has 0 radical (unpaired) electrons. The Labute approximate surface area is 125 Å². The van der Waals surface area contributed by atoms with Crippen molar-refractivity contribution in [2.24, 2.45) is 0 Å². The van der Waals surface area contributed by atoms with Crippen molar-refractivity contribution in [3.05, 3.63) is 30.1 Å². The van der Waals surface area contributed by atoms with Crippen LogP contribution < -0.4 is 10.6 Å². The Balaban J connectivity index is 1.95. The van der Waals surface area contributed by atoms with Gasteiger partial charge in [0.15, 0.2) is 0 Å². The van der Waals surface area contributed by atoms with Gasteiger partial charge in [-0.2, -0.15) is 0 Å². The Morgan fingerprint density at radius 2 is 2.14 bits per heavy atom. The van der Waals surface area contributed by atoms with Crippen LogP contribution in [-0.4, -0.2) is 42.5 Å². The van der Waals surface area contributed by atoms with Crippen molar-refractivity contribution in [1.82, 2.24) is 10.2 Å². The van der Waals surface area contributed by atoms with Gasteiger partial charge in [-0.3, -0.25) is 9.69 Å². The first kappa shape index (κ1) is 15.9. The number of carbonyl (C=O) groups is 1. The number of hydrogen-bond donors (Lipinski definition) is 2. The van der Waals surface area contributed by atoms with Crippen molar-refractivity contribution >= 4 is 11.6 Å². The van der Waals surface area contributed by atoms with Gasteiger partial charge in [0.05, 0.1) is 12.2 Å². The Morgan fingerprint density at radius 3 is 2.81 bits per heavy atom. The second-order valence-corrected chi connectivity index (χ2v) is 5.53. The van der Waals surface area contributed by atoms with Crippen LogP contribution in [0.5, 0.6) is 0 Å². The molecule has 1 fully saturated rings. The van der Waals surface area contributed by atoms with Crippen molar-refractivity contribution in [2.75, 3.05) is 25.0 Å². The molecule has 2 atom stereocenters. The fourth-order valence-electron chi connectivity index (χ4n) is 2.73. The van der Waals surface area contributed by atoms with Gasteiger partial charge in [0.1, 0.15) is 5.82 Å². The van der Waals surface area contributed by atoms with Crippen LogP contribution in [0.25, 0.3) is 0 Å². The molecule has 1 amide bonds. The summed E-state index contributed by atoms with van der Waals surface area (Å²) < 4.78 is 13.5. The molecule has 0 aliphatic carbocycles. The highest BCUT2D eigenvalue weighted by Gasteiger charge is 2.27. The maximum absolute atomic E-state index is 13.5. The van der Waals surface area contributed by atoms with E-state index in [4.69, 9.17) is 0 Å². The quantitative estimate of drug-likeness (QED) is 0.875. The number of carbonyl (C=O) groups excluding carboxylic acids is 1. The summed E-state index contributed by atoms with van der Waals surface area (Å²) in [4.78, 5) is 14.3. The van der Waals surface area contributed by atoms with Gasteiger partial charge in [0.25, 0.3) is 0 Å². The lowest BCUT2D eigenvalue weighted by molar-refractivity contribution is -0.118. The Bertz CT molecular complexity index is 480. The lowest BCUT2D eigenvalue weighted by Crippen LogP contribution is -2.57. The van der Waals surface area contributed by atoms with E-state index in [2.05, 4.69) is 29.4 Å². The zero-order valence-corrected chi connectivity index (χ0v) is 12.7. The first-order chi connectivity index (χ1) is 10.1. The maximum atomic E-state index is 13.5. The molecule has 1 saturated heterocycles. The zero-order valence-electron chi connectivity index (χ0n) is 12.7. The van der Waals surface area contributed by atoms with E-state index in [-0.39, 0.29) is 11.6 Å². The fraction of sp³-hybridized carbons (Fsp3) is 0.562. The fourth-order valence-corrected chi connectivity index (χ4v) is 2.73. The van der Waals surface area contributed by atoms with Crippen LogP contribution in [0.15, 0.2) is 24.3 Å². The summed E-state index contributed by atoms with van der Waals surface area (Å²) in [6.07, 6.45) is 2.04. The molecular weight excluding hydrogens is 269 g/mol.